The van der Waals surface area contributed by atoms with Crippen LogP contribution in [0.15, 0.2) is 45.6 Å². The Hall–Kier alpha value is -3.55. The predicted octanol–water partition coefficient (Wildman–Crippen LogP) is -2.42. The SMILES string of the molecule is O=c1c(O[C@H]2O[C@@H](CO)[C@H](O)[C@@H](O)[C@@H]2O[C@@H]2O[C@H](CO)[C@H](O)[C@H](O)[C@@H]2O)c(-c2ccc(O)cc2)oc2cc(O)cc(O)c12. The molecule has 2 fully saturated rings. The molecule has 16 nitrogen and oxygen atoms in total. The van der Waals surface area contributed by atoms with Crippen LogP contribution in [0.1, 0.15) is 0 Å². The summed E-state index contributed by atoms with van der Waals surface area (Å²) in [4.78, 5) is 13.7. The molecule has 2 aromatic carbocycles. The fraction of sp³-hybridized carbons (Fsp3) is 0.444. The van der Waals surface area contributed by atoms with Crippen molar-refractivity contribution >= 4 is 11.0 Å². The zero-order valence-electron chi connectivity index (χ0n) is 22.1. The standard InChI is InChI=1S/C27H30O16/c28-7-14-17(33)20(36)22(38)26(40-14)43-25-21(37)18(34)15(8-29)41-27(25)42-24-19(35)16-12(32)5-11(31)6-13(16)39-23(24)9-1-3-10(30)4-2-9/h1-6,14-15,17-18,20-22,25-34,36-38H,7-8H2/t14-,15+,17+,18+,20+,21-,22+,25+,26+,27-/m1/s1. The second kappa shape index (κ2) is 12.2. The van der Waals surface area contributed by atoms with Crippen LogP contribution in [0.3, 0.4) is 0 Å². The zero-order valence-corrected chi connectivity index (χ0v) is 22.1. The van der Waals surface area contributed by atoms with Crippen LogP contribution in [0.5, 0.6) is 23.0 Å². The van der Waals surface area contributed by atoms with Gasteiger partial charge in [-0.1, -0.05) is 0 Å². The monoisotopic (exact) mass is 610 g/mol. The lowest BCUT2D eigenvalue weighted by Gasteiger charge is -2.45. The van der Waals surface area contributed by atoms with Gasteiger partial charge in [-0.2, -0.15) is 0 Å². The Morgan fingerprint density at radius 1 is 0.721 bits per heavy atom. The number of rotatable bonds is 7. The lowest BCUT2D eigenvalue weighted by molar-refractivity contribution is -0.358. The van der Waals surface area contributed by atoms with E-state index in [0.29, 0.717) is 0 Å². The molecule has 0 radical (unpaired) electrons. The van der Waals surface area contributed by atoms with Crippen molar-refractivity contribution in [2.24, 2.45) is 0 Å². The van der Waals surface area contributed by atoms with Gasteiger partial charge in [0.1, 0.15) is 70.9 Å². The Kier molecular flexibility index (Phi) is 8.77. The first kappa shape index (κ1) is 30.9. The van der Waals surface area contributed by atoms with Gasteiger partial charge in [0.15, 0.2) is 18.2 Å². The summed E-state index contributed by atoms with van der Waals surface area (Å²) in [6, 6.07) is 7.20. The molecule has 10 N–H and O–H groups in total. The van der Waals surface area contributed by atoms with E-state index in [0.717, 1.165) is 12.1 Å². The third kappa shape index (κ3) is 5.73. The van der Waals surface area contributed by atoms with Crippen LogP contribution in [0.4, 0.5) is 0 Å². The summed E-state index contributed by atoms with van der Waals surface area (Å²) in [6.45, 7) is -1.63. The summed E-state index contributed by atoms with van der Waals surface area (Å²) < 4.78 is 28.3. The highest BCUT2D eigenvalue weighted by atomic mass is 16.8. The maximum Gasteiger partial charge on any atom is 0.239 e. The molecule has 0 bridgehead atoms. The van der Waals surface area contributed by atoms with E-state index in [4.69, 9.17) is 23.4 Å². The van der Waals surface area contributed by atoms with Gasteiger partial charge < -0.3 is 74.4 Å². The van der Waals surface area contributed by atoms with Crippen molar-refractivity contribution in [2.45, 2.75) is 61.4 Å². The van der Waals surface area contributed by atoms with Crippen LogP contribution in [0.25, 0.3) is 22.3 Å². The summed E-state index contributed by atoms with van der Waals surface area (Å²) >= 11 is 0. The second-order valence-electron chi connectivity index (χ2n) is 10.1. The maximum atomic E-state index is 13.7. The fourth-order valence-electron chi connectivity index (χ4n) is 4.92. The Labute approximate surface area is 241 Å². The Balaban J connectivity index is 1.60. The third-order valence-corrected chi connectivity index (χ3v) is 7.25. The smallest absolute Gasteiger partial charge is 0.239 e. The van der Waals surface area contributed by atoms with Gasteiger partial charge in [0.25, 0.3) is 0 Å². The normalized spacial score (nSPS) is 33.0. The lowest BCUT2D eigenvalue weighted by atomic mass is 9.97. The molecule has 3 aromatic rings. The number of hydrogen-bond donors (Lipinski definition) is 10. The van der Waals surface area contributed by atoms with Crippen molar-refractivity contribution < 1.29 is 74.4 Å². The molecule has 2 saturated heterocycles. The van der Waals surface area contributed by atoms with Crippen molar-refractivity contribution in [1.29, 1.82) is 0 Å². The molecule has 0 amide bonds. The van der Waals surface area contributed by atoms with E-state index in [9.17, 15) is 55.9 Å². The lowest BCUT2D eigenvalue weighted by Crippen LogP contribution is -2.65. The average molecular weight is 611 g/mol. The van der Waals surface area contributed by atoms with Crippen LogP contribution in [-0.2, 0) is 14.2 Å². The number of phenols is 3. The topological polar surface area (TPSA) is 269 Å². The molecule has 10 atom stereocenters. The van der Waals surface area contributed by atoms with Crippen molar-refractivity contribution in [3.8, 4) is 34.3 Å². The van der Waals surface area contributed by atoms with E-state index in [-0.39, 0.29) is 22.7 Å². The maximum absolute atomic E-state index is 13.7. The minimum atomic E-state index is -1.93. The van der Waals surface area contributed by atoms with Crippen molar-refractivity contribution in [2.75, 3.05) is 13.2 Å². The van der Waals surface area contributed by atoms with Crippen LogP contribution in [0, 0.1) is 0 Å². The molecule has 16 heteroatoms. The summed E-state index contributed by atoms with van der Waals surface area (Å²) in [5.74, 6) is -2.15. The number of hydrogen-bond acceptors (Lipinski definition) is 16. The molecule has 5 rings (SSSR count). The molecule has 1 aromatic heterocycles. The molecule has 0 unspecified atom stereocenters. The molecule has 0 spiro atoms. The van der Waals surface area contributed by atoms with Gasteiger partial charge in [0.05, 0.1) is 13.2 Å². The number of phenolic OH excluding ortho intramolecular Hbond substituents is 3. The van der Waals surface area contributed by atoms with Crippen molar-refractivity contribution in [1.82, 2.24) is 0 Å². The van der Waals surface area contributed by atoms with Crippen LogP contribution in [-0.4, -0.2) is 126 Å². The van der Waals surface area contributed by atoms with Gasteiger partial charge in [0, 0.05) is 17.7 Å². The van der Waals surface area contributed by atoms with Crippen molar-refractivity contribution in [3.05, 3.63) is 46.6 Å². The molecule has 0 saturated carbocycles. The van der Waals surface area contributed by atoms with Gasteiger partial charge in [-0.3, -0.25) is 4.79 Å². The van der Waals surface area contributed by atoms with Crippen LogP contribution < -0.4 is 10.2 Å². The Bertz CT molecular complexity index is 1490. The van der Waals surface area contributed by atoms with Gasteiger partial charge >= 0.3 is 0 Å². The molecule has 2 aliphatic rings. The third-order valence-electron chi connectivity index (χ3n) is 7.25. The van der Waals surface area contributed by atoms with E-state index in [1.54, 1.807) is 0 Å². The number of aliphatic hydroxyl groups excluding tert-OH is 7. The van der Waals surface area contributed by atoms with E-state index in [2.05, 4.69) is 0 Å². The largest absolute Gasteiger partial charge is 0.508 e. The van der Waals surface area contributed by atoms with E-state index >= 15 is 0 Å². The minimum Gasteiger partial charge on any atom is -0.508 e. The number of fused-ring (bicyclic) bond motifs is 1. The number of ether oxygens (including phenoxy) is 4. The first-order valence-corrected chi connectivity index (χ1v) is 13.0. The zero-order chi connectivity index (χ0) is 31.2. The van der Waals surface area contributed by atoms with Gasteiger partial charge in [-0.15, -0.1) is 0 Å². The van der Waals surface area contributed by atoms with Gasteiger partial charge in [-0.05, 0) is 24.3 Å². The quantitative estimate of drug-likeness (QED) is 0.133. The summed E-state index contributed by atoms with van der Waals surface area (Å²) in [6.07, 6.45) is -17.7. The highest BCUT2D eigenvalue weighted by molar-refractivity contribution is 5.88. The fourth-order valence-corrected chi connectivity index (χ4v) is 4.92. The predicted molar refractivity (Wildman–Crippen MR) is 140 cm³/mol. The van der Waals surface area contributed by atoms with Crippen LogP contribution >= 0.6 is 0 Å². The van der Waals surface area contributed by atoms with E-state index in [1.807, 2.05) is 0 Å². The van der Waals surface area contributed by atoms with E-state index in [1.165, 1.54) is 24.3 Å². The second-order valence-corrected chi connectivity index (χ2v) is 10.1. The molecule has 43 heavy (non-hydrogen) atoms. The molecule has 0 aliphatic carbocycles. The highest BCUT2D eigenvalue weighted by Gasteiger charge is 2.51. The number of aliphatic hydroxyl groups is 7. The first-order chi connectivity index (χ1) is 20.4. The minimum absolute atomic E-state index is 0.129. The average Bonchev–Trinajstić information content (AvgIpc) is 2.97. The molecular formula is C27H30O16. The van der Waals surface area contributed by atoms with Crippen LogP contribution in [0.2, 0.25) is 0 Å². The summed E-state index contributed by atoms with van der Waals surface area (Å²) in [5, 5.41) is 101. The number of aromatic hydroxyl groups is 3. The molecule has 3 heterocycles. The van der Waals surface area contributed by atoms with Crippen molar-refractivity contribution in [3.63, 3.8) is 0 Å². The summed E-state index contributed by atoms with van der Waals surface area (Å²) in [7, 11) is 0. The first-order valence-electron chi connectivity index (χ1n) is 13.0. The van der Waals surface area contributed by atoms with Gasteiger partial charge in [0.2, 0.25) is 17.5 Å². The Morgan fingerprint density at radius 2 is 1.33 bits per heavy atom. The van der Waals surface area contributed by atoms with E-state index < -0.39 is 103 Å². The van der Waals surface area contributed by atoms with Gasteiger partial charge in [-0.25, -0.2) is 0 Å². The summed E-state index contributed by atoms with van der Waals surface area (Å²) in [5.41, 5.74) is -1.07. The molecule has 234 valence electrons. The molecule has 2 aliphatic heterocycles. The molecular weight excluding hydrogens is 580 g/mol. The Morgan fingerprint density at radius 3 is 1.95 bits per heavy atom. The highest BCUT2D eigenvalue weighted by Crippen LogP contribution is 2.38. The number of benzene rings is 2.